The van der Waals surface area contributed by atoms with Gasteiger partial charge < -0.3 is 14.2 Å². The molecule has 2 aliphatic heterocycles. The molecule has 0 amide bonds. The van der Waals surface area contributed by atoms with Gasteiger partial charge in [-0.2, -0.15) is 0 Å². The number of carbonyl (C=O) groups excluding carboxylic acids is 2. The van der Waals surface area contributed by atoms with Crippen LogP contribution in [0.3, 0.4) is 0 Å². The number of carbonyl (C=O) groups is 2. The largest absolute Gasteiger partial charge is 0.508 e. The summed E-state index contributed by atoms with van der Waals surface area (Å²) in [5.41, 5.74) is 1.26. The minimum Gasteiger partial charge on any atom is -0.493 e. The molecule has 0 aromatic heterocycles. The zero-order valence-electron chi connectivity index (χ0n) is 14.3. The van der Waals surface area contributed by atoms with Crippen molar-refractivity contribution >= 4 is 24.3 Å². The van der Waals surface area contributed by atoms with E-state index in [4.69, 9.17) is 9.47 Å². The zero-order chi connectivity index (χ0) is 16.9. The van der Waals surface area contributed by atoms with E-state index in [1.165, 1.54) is 12.7 Å². The van der Waals surface area contributed by atoms with Gasteiger partial charge in [0.05, 0.1) is 13.7 Å². The number of rotatable bonds is 4. The van der Waals surface area contributed by atoms with Crippen molar-refractivity contribution in [3.63, 3.8) is 0 Å². The highest BCUT2D eigenvalue weighted by Gasteiger charge is 2.31. The molecule has 1 fully saturated rings. The number of likely N-dealkylation sites (tertiary alicyclic amines) is 1. The van der Waals surface area contributed by atoms with Crippen LogP contribution in [0.1, 0.15) is 18.4 Å². The predicted octanol–water partition coefficient (Wildman–Crippen LogP) is 2.48. The molecule has 0 spiro atoms. The SMILES string of the molecule is COC(=O)OC1CN(CCC2COc3ccccc3C2)CCC1=O.Cl. The summed E-state index contributed by atoms with van der Waals surface area (Å²) in [5, 5.41) is 0. The fraction of sp³-hybridized carbons (Fsp3) is 0.556. The highest BCUT2D eigenvalue weighted by Crippen LogP contribution is 2.28. The predicted molar refractivity (Wildman–Crippen MR) is 94.3 cm³/mol. The summed E-state index contributed by atoms with van der Waals surface area (Å²) in [6.07, 6.45) is 0.909. The zero-order valence-corrected chi connectivity index (χ0v) is 15.1. The summed E-state index contributed by atoms with van der Waals surface area (Å²) >= 11 is 0. The number of fused-ring (bicyclic) bond motifs is 1. The first-order chi connectivity index (χ1) is 11.7. The first-order valence-electron chi connectivity index (χ1n) is 8.36. The average molecular weight is 370 g/mol. The molecule has 2 heterocycles. The molecule has 7 heteroatoms. The Balaban J connectivity index is 0.00000225. The standard InChI is InChI=1S/C18H23NO5.ClH/c1-22-18(21)24-17-11-19(9-7-15(17)20)8-6-13-10-14-4-2-3-5-16(14)23-12-13;/h2-5,13,17H,6-12H2,1H3;1H. The van der Waals surface area contributed by atoms with Crippen LogP contribution in [0.4, 0.5) is 4.79 Å². The van der Waals surface area contributed by atoms with Crippen molar-refractivity contribution in [2.45, 2.75) is 25.4 Å². The molecule has 138 valence electrons. The van der Waals surface area contributed by atoms with E-state index >= 15 is 0 Å². The van der Waals surface area contributed by atoms with Gasteiger partial charge in [0.15, 0.2) is 11.9 Å². The number of para-hydroxylation sites is 1. The summed E-state index contributed by atoms with van der Waals surface area (Å²) in [4.78, 5) is 25.3. The van der Waals surface area contributed by atoms with Crippen LogP contribution < -0.4 is 4.74 Å². The van der Waals surface area contributed by atoms with Crippen LogP contribution in [-0.4, -0.2) is 56.3 Å². The number of ether oxygens (including phenoxy) is 3. The van der Waals surface area contributed by atoms with Crippen LogP contribution in [-0.2, 0) is 20.7 Å². The van der Waals surface area contributed by atoms with Gasteiger partial charge in [-0.1, -0.05) is 18.2 Å². The van der Waals surface area contributed by atoms with Crippen molar-refractivity contribution in [3.05, 3.63) is 29.8 Å². The van der Waals surface area contributed by atoms with Crippen molar-refractivity contribution in [3.8, 4) is 5.75 Å². The average Bonchev–Trinajstić information content (AvgIpc) is 2.62. The van der Waals surface area contributed by atoms with Gasteiger partial charge in [-0.3, -0.25) is 9.69 Å². The van der Waals surface area contributed by atoms with E-state index in [0.29, 0.717) is 25.4 Å². The fourth-order valence-electron chi connectivity index (χ4n) is 3.27. The number of nitrogens with zero attached hydrogens (tertiary/aromatic N) is 1. The maximum atomic E-state index is 11.9. The Bertz CT molecular complexity index is 609. The molecule has 1 aromatic carbocycles. The molecule has 3 rings (SSSR count). The molecular weight excluding hydrogens is 346 g/mol. The number of benzene rings is 1. The minimum absolute atomic E-state index is 0. The molecule has 0 saturated carbocycles. The number of hydrogen-bond donors (Lipinski definition) is 0. The van der Waals surface area contributed by atoms with Crippen LogP contribution in [0.15, 0.2) is 24.3 Å². The van der Waals surface area contributed by atoms with Crippen LogP contribution in [0, 0.1) is 5.92 Å². The smallest absolute Gasteiger partial charge is 0.493 e. The summed E-state index contributed by atoms with van der Waals surface area (Å²) in [7, 11) is 1.24. The molecule has 0 radical (unpaired) electrons. The number of halogens is 1. The van der Waals surface area contributed by atoms with Gasteiger partial charge in [0.1, 0.15) is 5.75 Å². The molecule has 0 N–H and O–H groups in total. The molecule has 2 unspecified atom stereocenters. The summed E-state index contributed by atoms with van der Waals surface area (Å²) in [5.74, 6) is 1.42. The van der Waals surface area contributed by atoms with Gasteiger partial charge in [-0.15, -0.1) is 12.4 Å². The number of ketones is 1. The van der Waals surface area contributed by atoms with E-state index in [0.717, 1.165) is 31.7 Å². The summed E-state index contributed by atoms with van der Waals surface area (Å²) < 4.78 is 15.3. The van der Waals surface area contributed by atoms with E-state index in [-0.39, 0.29) is 18.2 Å². The van der Waals surface area contributed by atoms with Crippen molar-refractivity contribution in [2.75, 3.05) is 33.4 Å². The number of hydrogen-bond acceptors (Lipinski definition) is 6. The molecule has 2 atom stereocenters. The van der Waals surface area contributed by atoms with Gasteiger partial charge in [0.25, 0.3) is 0 Å². The monoisotopic (exact) mass is 369 g/mol. The highest BCUT2D eigenvalue weighted by molar-refractivity contribution is 5.86. The molecule has 25 heavy (non-hydrogen) atoms. The van der Waals surface area contributed by atoms with Crippen LogP contribution >= 0.6 is 12.4 Å². The first kappa shape index (κ1) is 19.5. The van der Waals surface area contributed by atoms with Gasteiger partial charge >= 0.3 is 6.16 Å². The number of Topliss-reactive ketones (excluding diaryl/α,β-unsaturated/α-hetero) is 1. The second-order valence-corrected chi connectivity index (χ2v) is 6.36. The van der Waals surface area contributed by atoms with Crippen molar-refractivity contribution < 1.29 is 23.8 Å². The van der Waals surface area contributed by atoms with E-state index < -0.39 is 12.3 Å². The molecule has 2 aliphatic rings. The summed E-state index contributed by atoms with van der Waals surface area (Å²) in [6.45, 7) is 2.75. The lowest BCUT2D eigenvalue weighted by Gasteiger charge is -2.32. The van der Waals surface area contributed by atoms with E-state index in [1.54, 1.807) is 0 Å². The van der Waals surface area contributed by atoms with Crippen LogP contribution in [0.2, 0.25) is 0 Å². The Morgan fingerprint density at radius 1 is 1.36 bits per heavy atom. The van der Waals surface area contributed by atoms with E-state index in [2.05, 4.69) is 15.7 Å². The van der Waals surface area contributed by atoms with Crippen LogP contribution in [0.25, 0.3) is 0 Å². The molecule has 1 saturated heterocycles. The maximum absolute atomic E-state index is 11.9. The van der Waals surface area contributed by atoms with Gasteiger partial charge in [-0.25, -0.2) is 4.79 Å². The Labute approximate surface area is 153 Å². The van der Waals surface area contributed by atoms with E-state index in [1.807, 2.05) is 18.2 Å². The maximum Gasteiger partial charge on any atom is 0.508 e. The topological polar surface area (TPSA) is 65.1 Å². The highest BCUT2D eigenvalue weighted by atomic mass is 35.5. The van der Waals surface area contributed by atoms with Crippen molar-refractivity contribution in [1.82, 2.24) is 4.90 Å². The third-order valence-electron chi connectivity index (χ3n) is 4.67. The molecular formula is C18H24ClNO5. The third-order valence-corrected chi connectivity index (χ3v) is 4.67. The van der Waals surface area contributed by atoms with Crippen molar-refractivity contribution in [2.24, 2.45) is 5.92 Å². The fourth-order valence-corrected chi connectivity index (χ4v) is 3.27. The first-order valence-corrected chi connectivity index (χ1v) is 8.36. The summed E-state index contributed by atoms with van der Waals surface area (Å²) in [6, 6.07) is 8.15. The Morgan fingerprint density at radius 3 is 2.96 bits per heavy atom. The Kier molecular flexibility index (Phi) is 7.08. The quantitative estimate of drug-likeness (QED) is 0.760. The Hall–Kier alpha value is -1.79. The third kappa shape index (κ3) is 5.09. The van der Waals surface area contributed by atoms with Gasteiger partial charge in [0, 0.05) is 19.5 Å². The molecule has 1 aromatic rings. The normalized spacial score (nSPS) is 23.0. The Morgan fingerprint density at radius 2 is 2.16 bits per heavy atom. The lowest BCUT2D eigenvalue weighted by atomic mass is 9.93. The second-order valence-electron chi connectivity index (χ2n) is 6.36. The number of piperidine rings is 1. The van der Waals surface area contributed by atoms with Crippen LogP contribution in [0.5, 0.6) is 5.75 Å². The molecule has 0 bridgehead atoms. The minimum atomic E-state index is -0.799. The lowest BCUT2D eigenvalue weighted by Crippen LogP contribution is -2.47. The number of methoxy groups -OCH3 is 1. The van der Waals surface area contributed by atoms with E-state index in [9.17, 15) is 9.59 Å². The molecule has 0 aliphatic carbocycles. The molecule has 6 nitrogen and oxygen atoms in total. The second kappa shape index (κ2) is 9.06. The van der Waals surface area contributed by atoms with Crippen molar-refractivity contribution in [1.29, 1.82) is 0 Å². The van der Waals surface area contributed by atoms with Gasteiger partial charge in [-0.05, 0) is 36.9 Å². The lowest BCUT2D eigenvalue weighted by molar-refractivity contribution is -0.133. The van der Waals surface area contributed by atoms with Gasteiger partial charge in [0.2, 0.25) is 0 Å².